The molecule has 0 aliphatic carbocycles. The minimum absolute atomic E-state index is 0.0189. The SMILES string of the molecule is O=C(Nc1nc2ccccc2s1)C1CCN(c2ccc(-n3cccn3)nn2)CC1. The third-order valence-corrected chi connectivity index (χ3v) is 6.04. The fourth-order valence-corrected chi connectivity index (χ4v) is 4.39. The summed E-state index contributed by atoms with van der Waals surface area (Å²) in [5.74, 6) is 1.54. The standard InChI is InChI=1S/C20H19N7OS/c28-19(23-20-22-15-4-1-2-5-16(15)29-20)14-8-12-26(13-9-14)17-6-7-18(25-24-17)27-11-3-10-21-27/h1-7,10-11,14H,8-9,12-13H2,(H,22,23,28). The number of aromatic nitrogens is 5. The number of hydrogen-bond acceptors (Lipinski definition) is 7. The number of fused-ring (bicyclic) bond motifs is 1. The highest BCUT2D eigenvalue weighted by Crippen LogP contribution is 2.27. The Labute approximate surface area is 171 Å². The number of amides is 1. The van der Waals surface area contributed by atoms with Crippen LogP contribution in [0.4, 0.5) is 10.9 Å². The van der Waals surface area contributed by atoms with Gasteiger partial charge in [0.1, 0.15) is 0 Å². The predicted octanol–water partition coefficient (Wildman–Crippen LogP) is 3.13. The molecule has 5 rings (SSSR count). The van der Waals surface area contributed by atoms with E-state index in [0.29, 0.717) is 10.9 Å². The van der Waals surface area contributed by atoms with Crippen molar-refractivity contribution in [2.24, 2.45) is 5.92 Å². The molecule has 1 amide bonds. The Morgan fingerprint density at radius 3 is 2.55 bits per heavy atom. The Morgan fingerprint density at radius 1 is 1.03 bits per heavy atom. The Morgan fingerprint density at radius 2 is 1.83 bits per heavy atom. The number of para-hydroxylation sites is 1. The number of benzene rings is 1. The summed E-state index contributed by atoms with van der Waals surface area (Å²) in [5.41, 5.74) is 0.916. The van der Waals surface area contributed by atoms with Gasteiger partial charge in [0.05, 0.1) is 10.2 Å². The molecule has 0 unspecified atom stereocenters. The molecule has 9 heteroatoms. The van der Waals surface area contributed by atoms with Crippen LogP contribution < -0.4 is 10.2 Å². The first kappa shape index (κ1) is 17.7. The molecule has 4 aromatic rings. The summed E-state index contributed by atoms with van der Waals surface area (Å²) in [4.78, 5) is 19.3. The zero-order valence-electron chi connectivity index (χ0n) is 15.6. The maximum atomic E-state index is 12.7. The third-order valence-electron chi connectivity index (χ3n) is 5.09. The second-order valence-corrected chi connectivity index (χ2v) is 7.97. The van der Waals surface area contributed by atoms with Crippen LogP contribution in [0.3, 0.4) is 0 Å². The van der Waals surface area contributed by atoms with Gasteiger partial charge < -0.3 is 10.2 Å². The number of thiazole rings is 1. The maximum absolute atomic E-state index is 12.7. The van der Waals surface area contributed by atoms with E-state index in [1.165, 1.54) is 11.3 Å². The molecule has 0 saturated carbocycles. The molecule has 0 spiro atoms. The molecule has 1 saturated heterocycles. The number of nitrogens with zero attached hydrogens (tertiary/aromatic N) is 6. The first-order chi connectivity index (χ1) is 14.3. The van der Waals surface area contributed by atoms with Gasteiger partial charge in [0.15, 0.2) is 16.8 Å². The van der Waals surface area contributed by atoms with E-state index < -0.39 is 0 Å². The van der Waals surface area contributed by atoms with Gasteiger partial charge in [-0.2, -0.15) is 5.10 Å². The molecule has 146 valence electrons. The van der Waals surface area contributed by atoms with Crippen molar-refractivity contribution in [1.82, 2.24) is 25.0 Å². The normalized spacial score (nSPS) is 15.0. The van der Waals surface area contributed by atoms with Crippen LogP contribution in [0.25, 0.3) is 16.0 Å². The average molecular weight is 405 g/mol. The zero-order chi connectivity index (χ0) is 19.6. The van der Waals surface area contributed by atoms with E-state index >= 15 is 0 Å². The second kappa shape index (κ2) is 7.59. The number of anilines is 2. The summed E-state index contributed by atoms with van der Waals surface area (Å²) in [7, 11) is 0. The number of carbonyl (C=O) groups is 1. The Kier molecular flexibility index (Phi) is 4.65. The highest BCUT2D eigenvalue weighted by Gasteiger charge is 2.26. The molecular formula is C20H19N7OS. The fourth-order valence-electron chi connectivity index (χ4n) is 3.52. The molecule has 1 aliphatic heterocycles. The largest absolute Gasteiger partial charge is 0.355 e. The number of nitrogens with one attached hydrogen (secondary N) is 1. The fraction of sp³-hybridized carbons (Fsp3) is 0.250. The summed E-state index contributed by atoms with van der Waals surface area (Å²) in [6.07, 6.45) is 5.09. The van der Waals surface area contributed by atoms with Crippen molar-refractivity contribution in [2.75, 3.05) is 23.3 Å². The van der Waals surface area contributed by atoms with Crippen molar-refractivity contribution >= 4 is 38.4 Å². The molecule has 1 aliphatic rings. The van der Waals surface area contributed by atoms with Crippen LogP contribution in [-0.4, -0.2) is 44.0 Å². The number of rotatable bonds is 4. The van der Waals surface area contributed by atoms with Crippen molar-refractivity contribution in [2.45, 2.75) is 12.8 Å². The Bertz CT molecular complexity index is 1080. The van der Waals surface area contributed by atoms with E-state index in [0.717, 1.165) is 42.0 Å². The Balaban J connectivity index is 1.19. The summed E-state index contributed by atoms with van der Waals surface area (Å²) >= 11 is 1.51. The van der Waals surface area contributed by atoms with E-state index in [4.69, 9.17) is 0 Å². The van der Waals surface area contributed by atoms with E-state index in [1.54, 1.807) is 10.9 Å². The monoisotopic (exact) mass is 405 g/mol. The van der Waals surface area contributed by atoms with Gasteiger partial charge in [0.25, 0.3) is 0 Å². The molecule has 1 N–H and O–H groups in total. The van der Waals surface area contributed by atoms with Crippen molar-refractivity contribution in [1.29, 1.82) is 0 Å². The van der Waals surface area contributed by atoms with Crippen molar-refractivity contribution in [3.8, 4) is 5.82 Å². The lowest BCUT2D eigenvalue weighted by Crippen LogP contribution is -2.38. The lowest BCUT2D eigenvalue weighted by Gasteiger charge is -2.31. The summed E-state index contributed by atoms with van der Waals surface area (Å²) in [6, 6.07) is 13.6. The molecule has 4 heterocycles. The van der Waals surface area contributed by atoms with Crippen LogP contribution in [0.1, 0.15) is 12.8 Å². The molecular weight excluding hydrogens is 386 g/mol. The van der Waals surface area contributed by atoms with E-state index in [1.807, 2.05) is 48.7 Å². The molecule has 29 heavy (non-hydrogen) atoms. The van der Waals surface area contributed by atoms with Gasteiger partial charge in [-0.3, -0.25) is 4.79 Å². The minimum Gasteiger partial charge on any atom is -0.355 e. The molecule has 1 fully saturated rings. The van der Waals surface area contributed by atoms with Gasteiger partial charge in [-0.25, -0.2) is 9.67 Å². The van der Waals surface area contributed by atoms with Gasteiger partial charge >= 0.3 is 0 Å². The lowest BCUT2D eigenvalue weighted by atomic mass is 9.96. The smallest absolute Gasteiger partial charge is 0.229 e. The van der Waals surface area contributed by atoms with Crippen LogP contribution in [0.2, 0.25) is 0 Å². The van der Waals surface area contributed by atoms with Gasteiger partial charge in [0, 0.05) is 31.4 Å². The van der Waals surface area contributed by atoms with E-state index in [9.17, 15) is 4.79 Å². The van der Waals surface area contributed by atoms with Gasteiger partial charge in [-0.05, 0) is 43.2 Å². The van der Waals surface area contributed by atoms with Crippen molar-refractivity contribution in [3.05, 3.63) is 54.9 Å². The summed E-state index contributed by atoms with van der Waals surface area (Å²) in [5, 5.41) is 16.4. The highest BCUT2D eigenvalue weighted by atomic mass is 32.1. The van der Waals surface area contributed by atoms with Crippen LogP contribution in [0, 0.1) is 5.92 Å². The topological polar surface area (TPSA) is 88.8 Å². The molecule has 8 nitrogen and oxygen atoms in total. The first-order valence-electron chi connectivity index (χ1n) is 9.51. The molecule has 0 radical (unpaired) electrons. The average Bonchev–Trinajstić information content (AvgIpc) is 3.43. The molecule has 0 bridgehead atoms. The first-order valence-corrected chi connectivity index (χ1v) is 10.3. The van der Waals surface area contributed by atoms with Gasteiger partial charge in [-0.15, -0.1) is 10.2 Å². The van der Waals surface area contributed by atoms with Crippen LogP contribution >= 0.6 is 11.3 Å². The maximum Gasteiger partial charge on any atom is 0.229 e. The summed E-state index contributed by atoms with van der Waals surface area (Å²) < 4.78 is 2.75. The van der Waals surface area contributed by atoms with Gasteiger partial charge in [0.2, 0.25) is 5.91 Å². The minimum atomic E-state index is -0.0189. The number of carbonyl (C=O) groups excluding carboxylic acids is 1. The predicted molar refractivity (Wildman–Crippen MR) is 112 cm³/mol. The number of piperidine rings is 1. The van der Waals surface area contributed by atoms with Gasteiger partial charge in [-0.1, -0.05) is 23.5 Å². The van der Waals surface area contributed by atoms with Crippen LogP contribution in [0.5, 0.6) is 0 Å². The van der Waals surface area contributed by atoms with E-state index in [2.05, 4.69) is 30.5 Å². The molecule has 3 aromatic heterocycles. The number of hydrogen-bond donors (Lipinski definition) is 1. The van der Waals surface area contributed by atoms with Crippen LogP contribution in [0.15, 0.2) is 54.9 Å². The summed E-state index contributed by atoms with van der Waals surface area (Å²) in [6.45, 7) is 1.54. The van der Waals surface area contributed by atoms with Crippen molar-refractivity contribution < 1.29 is 4.79 Å². The molecule has 0 atom stereocenters. The highest BCUT2D eigenvalue weighted by molar-refractivity contribution is 7.22. The van der Waals surface area contributed by atoms with Crippen molar-refractivity contribution in [3.63, 3.8) is 0 Å². The van der Waals surface area contributed by atoms with E-state index in [-0.39, 0.29) is 11.8 Å². The lowest BCUT2D eigenvalue weighted by molar-refractivity contribution is -0.120. The Hall–Kier alpha value is -3.33. The third kappa shape index (κ3) is 3.68. The zero-order valence-corrected chi connectivity index (χ0v) is 16.4. The quantitative estimate of drug-likeness (QED) is 0.561. The molecule has 1 aromatic carbocycles. The second-order valence-electron chi connectivity index (χ2n) is 6.94. The van der Waals surface area contributed by atoms with Crippen LogP contribution in [-0.2, 0) is 4.79 Å².